The maximum atomic E-state index is 11.8. The molecule has 0 saturated carbocycles. The van der Waals surface area contributed by atoms with Gasteiger partial charge in [0, 0.05) is 23.6 Å². The summed E-state index contributed by atoms with van der Waals surface area (Å²) in [6.07, 6.45) is 3.97. The van der Waals surface area contributed by atoms with Crippen LogP contribution in [0.25, 0.3) is 10.9 Å². The van der Waals surface area contributed by atoms with E-state index in [1.165, 1.54) is 0 Å². The van der Waals surface area contributed by atoms with Crippen molar-refractivity contribution >= 4 is 16.8 Å². The van der Waals surface area contributed by atoms with Crippen LogP contribution >= 0.6 is 0 Å². The van der Waals surface area contributed by atoms with Crippen LogP contribution in [0.15, 0.2) is 30.5 Å². The Morgan fingerprint density at radius 2 is 2.21 bits per heavy atom. The average molecular weight is 260 g/mol. The number of carbonyl (C=O) groups is 1. The Hall–Kier alpha value is -1.81. The number of fused-ring (bicyclic) bond motifs is 1. The summed E-state index contributed by atoms with van der Waals surface area (Å²) >= 11 is 0. The minimum atomic E-state index is 0.0179. The van der Waals surface area contributed by atoms with Gasteiger partial charge in [-0.15, -0.1) is 0 Å². The van der Waals surface area contributed by atoms with Crippen LogP contribution in [0.1, 0.15) is 25.3 Å². The van der Waals surface area contributed by atoms with Gasteiger partial charge in [-0.25, -0.2) is 0 Å². The Bertz CT molecular complexity index is 560. The van der Waals surface area contributed by atoms with Crippen LogP contribution in [0.3, 0.4) is 0 Å². The Labute approximate surface area is 113 Å². The fraction of sp³-hybridized carbons (Fsp3) is 0.400. The maximum absolute atomic E-state index is 11.8. The van der Waals surface area contributed by atoms with Gasteiger partial charge in [-0.1, -0.05) is 25.5 Å². The third-order valence-electron chi connectivity index (χ3n) is 3.24. The van der Waals surface area contributed by atoms with Gasteiger partial charge >= 0.3 is 0 Å². The minimum Gasteiger partial charge on any atom is -0.392 e. The summed E-state index contributed by atoms with van der Waals surface area (Å²) in [4.78, 5) is 11.8. The Balaban J connectivity index is 2.11. The normalized spacial score (nSPS) is 10.8. The van der Waals surface area contributed by atoms with E-state index in [9.17, 15) is 9.90 Å². The van der Waals surface area contributed by atoms with Crippen molar-refractivity contribution in [3.63, 3.8) is 0 Å². The van der Waals surface area contributed by atoms with Gasteiger partial charge in [0.15, 0.2) is 0 Å². The summed E-state index contributed by atoms with van der Waals surface area (Å²) < 4.78 is 1.91. The molecule has 0 unspecified atom stereocenters. The van der Waals surface area contributed by atoms with Crippen LogP contribution in [0, 0.1) is 0 Å². The zero-order valence-electron chi connectivity index (χ0n) is 11.2. The number of hydrogen-bond acceptors (Lipinski definition) is 2. The smallest absolute Gasteiger partial charge is 0.239 e. The van der Waals surface area contributed by atoms with Crippen molar-refractivity contribution in [1.82, 2.24) is 9.88 Å². The van der Waals surface area contributed by atoms with E-state index in [4.69, 9.17) is 0 Å². The molecule has 1 aromatic carbocycles. The first kappa shape index (κ1) is 13.6. The van der Waals surface area contributed by atoms with Crippen LogP contribution in [0.5, 0.6) is 0 Å². The standard InChI is InChI=1S/C15H20N2O2/c1-2-3-8-16-15(19)10-17-9-7-13-12(11-18)5-4-6-14(13)17/h4-7,9,18H,2-3,8,10-11H2,1H3,(H,16,19). The number of aliphatic hydroxyl groups is 1. The quantitative estimate of drug-likeness (QED) is 0.781. The summed E-state index contributed by atoms with van der Waals surface area (Å²) in [5.74, 6) is 0.0281. The fourth-order valence-corrected chi connectivity index (χ4v) is 2.18. The van der Waals surface area contributed by atoms with E-state index < -0.39 is 0 Å². The predicted molar refractivity (Wildman–Crippen MR) is 75.8 cm³/mol. The number of aromatic nitrogens is 1. The van der Waals surface area contributed by atoms with Gasteiger partial charge < -0.3 is 15.0 Å². The van der Waals surface area contributed by atoms with Gasteiger partial charge in [0.25, 0.3) is 0 Å². The zero-order chi connectivity index (χ0) is 13.7. The predicted octanol–water partition coefficient (Wildman–Crippen LogP) is 2.05. The molecule has 0 spiro atoms. The van der Waals surface area contributed by atoms with Crippen molar-refractivity contribution in [3.05, 3.63) is 36.0 Å². The summed E-state index contributed by atoms with van der Waals surface area (Å²) in [7, 11) is 0. The number of nitrogens with zero attached hydrogens (tertiary/aromatic N) is 1. The lowest BCUT2D eigenvalue weighted by Gasteiger charge is -2.07. The third kappa shape index (κ3) is 3.15. The van der Waals surface area contributed by atoms with E-state index >= 15 is 0 Å². The summed E-state index contributed by atoms with van der Waals surface area (Å²) in [6.45, 7) is 3.17. The van der Waals surface area contributed by atoms with Gasteiger partial charge in [0.1, 0.15) is 6.54 Å². The molecule has 2 N–H and O–H groups in total. The van der Waals surface area contributed by atoms with Gasteiger partial charge in [-0.3, -0.25) is 4.79 Å². The number of nitrogens with one attached hydrogen (secondary N) is 1. The SMILES string of the molecule is CCCCNC(=O)Cn1ccc2c(CO)cccc21. The number of unbranched alkanes of at least 4 members (excludes halogenated alkanes) is 1. The highest BCUT2D eigenvalue weighted by atomic mass is 16.3. The topological polar surface area (TPSA) is 54.3 Å². The lowest BCUT2D eigenvalue weighted by Crippen LogP contribution is -2.28. The summed E-state index contributed by atoms with van der Waals surface area (Å²) in [5.41, 5.74) is 1.87. The lowest BCUT2D eigenvalue weighted by atomic mass is 10.1. The van der Waals surface area contributed by atoms with Crippen LogP contribution in [0.4, 0.5) is 0 Å². The molecule has 19 heavy (non-hydrogen) atoms. The Kier molecular flexibility index (Phi) is 4.58. The van der Waals surface area contributed by atoms with Gasteiger partial charge in [0.2, 0.25) is 5.91 Å². The highest BCUT2D eigenvalue weighted by Gasteiger charge is 2.07. The molecule has 4 nitrogen and oxygen atoms in total. The van der Waals surface area contributed by atoms with Crippen molar-refractivity contribution in [1.29, 1.82) is 0 Å². The van der Waals surface area contributed by atoms with Gasteiger partial charge in [-0.2, -0.15) is 0 Å². The van der Waals surface area contributed by atoms with Crippen molar-refractivity contribution in [2.75, 3.05) is 6.54 Å². The van der Waals surface area contributed by atoms with Crippen molar-refractivity contribution in [2.45, 2.75) is 32.9 Å². The van der Waals surface area contributed by atoms with Crippen molar-refractivity contribution < 1.29 is 9.90 Å². The molecule has 0 atom stereocenters. The molecule has 0 bridgehead atoms. The first-order chi connectivity index (χ1) is 9.26. The Morgan fingerprint density at radius 1 is 1.37 bits per heavy atom. The molecule has 0 saturated heterocycles. The highest BCUT2D eigenvalue weighted by molar-refractivity contribution is 5.85. The van der Waals surface area contributed by atoms with Crippen LogP contribution in [0.2, 0.25) is 0 Å². The zero-order valence-corrected chi connectivity index (χ0v) is 11.2. The number of hydrogen-bond donors (Lipinski definition) is 2. The van der Waals surface area contributed by atoms with E-state index in [1.54, 1.807) is 0 Å². The molecule has 4 heteroatoms. The molecule has 2 rings (SSSR count). The molecule has 1 heterocycles. The summed E-state index contributed by atoms with van der Waals surface area (Å²) in [5, 5.41) is 13.2. The van der Waals surface area contributed by atoms with E-state index in [0.29, 0.717) is 6.54 Å². The molecule has 1 aromatic heterocycles. The van der Waals surface area contributed by atoms with Crippen molar-refractivity contribution in [2.24, 2.45) is 0 Å². The molecule has 0 fully saturated rings. The molecular formula is C15H20N2O2. The molecule has 0 aliphatic heterocycles. The number of rotatable bonds is 6. The summed E-state index contributed by atoms with van der Waals surface area (Å²) in [6, 6.07) is 7.71. The first-order valence-electron chi connectivity index (χ1n) is 6.70. The molecule has 0 aliphatic carbocycles. The molecule has 1 amide bonds. The van der Waals surface area contributed by atoms with E-state index in [0.717, 1.165) is 35.9 Å². The van der Waals surface area contributed by atoms with Gasteiger partial charge in [-0.05, 0) is 24.1 Å². The molecule has 102 valence electrons. The van der Waals surface area contributed by atoms with Crippen LogP contribution < -0.4 is 5.32 Å². The van der Waals surface area contributed by atoms with E-state index in [1.807, 2.05) is 35.0 Å². The second-order valence-electron chi connectivity index (χ2n) is 4.66. The molecule has 2 aromatic rings. The molecule has 0 aliphatic rings. The Morgan fingerprint density at radius 3 is 2.95 bits per heavy atom. The number of aliphatic hydroxyl groups excluding tert-OH is 1. The maximum Gasteiger partial charge on any atom is 0.239 e. The number of benzene rings is 1. The monoisotopic (exact) mass is 260 g/mol. The van der Waals surface area contributed by atoms with E-state index in [-0.39, 0.29) is 12.5 Å². The third-order valence-corrected chi connectivity index (χ3v) is 3.24. The van der Waals surface area contributed by atoms with Crippen LogP contribution in [-0.4, -0.2) is 22.1 Å². The number of amides is 1. The molecular weight excluding hydrogens is 240 g/mol. The highest BCUT2D eigenvalue weighted by Crippen LogP contribution is 2.20. The van der Waals surface area contributed by atoms with E-state index in [2.05, 4.69) is 12.2 Å². The first-order valence-corrected chi connectivity index (χ1v) is 6.70. The number of carbonyl (C=O) groups excluding carboxylic acids is 1. The molecule has 0 radical (unpaired) electrons. The minimum absolute atomic E-state index is 0.0179. The van der Waals surface area contributed by atoms with Gasteiger partial charge in [0.05, 0.1) is 6.61 Å². The van der Waals surface area contributed by atoms with Crippen molar-refractivity contribution in [3.8, 4) is 0 Å². The fourth-order valence-electron chi connectivity index (χ4n) is 2.18. The second-order valence-corrected chi connectivity index (χ2v) is 4.66. The van der Waals surface area contributed by atoms with Crippen LogP contribution in [-0.2, 0) is 17.9 Å². The second kappa shape index (κ2) is 6.38. The lowest BCUT2D eigenvalue weighted by molar-refractivity contribution is -0.121. The average Bonchev–Trinajstić information content (AvgIpc) is 2.82. The largest absolute Gasteiger partial charge is 0.392 e.